The fraction of sp³-hybridized carbons (Fsp3) is 0.333. The van der Waals surface area contributed by atoms with Gasteiger partial charge in [0.15, 0.2) is 0 Å². The third-order valence-electron chi connectivity index (χ3n) is 3.27. The summed E-state index contributed by atoms with van der Waals surface area (Å²) in [5.41, 5.74) is -0.0547. The molecule has 0 spiro atoms. The van der Waals surface area contributed by atoms with Crippen molar-refractivity contribution in [2.24, 2.45) is 0 Å². The maximum atomic E-state index is 11.2. The summed E-state index contributed by atoms with van der Waals surface area (Å²) in [4.78, 5) is 21.2. The van der Waals surface area contributed by atoms with Gasteiger partial charge in [0.2, 0.25) is 5.82 Å². The summed E-state index contributed by atoms with van der Waals surface area (Å²) in [5.74, 6) is 0.372. The van der Waals surface area contributed by atoms with E-state index in [0.717, 1.165) is 24.4 Å². The summed E-state index contributed by atoms with van der Waals surface area (Å²) >= 11 is 7.37. The van der Waals surface area contributed by atoms with Crippen molar-refractivity contribution in [3.63, 3.8) is 0 Å². The molecule has 3 rings (SSSR count). The highest BCUT2D eigenvalue weighted by Crippen LogP contribution is 2.40. The monoisotopic (exact) mass is 310 g/mol. The van der Waals surface area contributed by atoms with E-state index in [1.54, 1.807) is 17.5 Å². The first-order valence-electron chi connectivity index (χ1n) is 6.13. The number of rotatable bonds is 3. The van der Waals surface area contributed by atoms with E-state index in [0.29, 0.717) is 5.82 Å². The van der Waals surface area contributed by atoms with Gasteiger partial charge in [0, 0.05) is 30.4 Å². The molecule has 2 aromatic heterocycles. The molecule has 104 valence electrons. The maximum absolute atomic E-state index is 11.2. The van der Waals surface area contributed by atoms with Crippen molar-refractivity contribution in [2.45, 2.75) is 18.9 Å². The number of aromatic nitrogens is 2. The number of thiazole rings is 1. The van der Waals surface area contributed by atoms with E-state index in [9.17, 15) is 10.1 Å². The molecule has 1 aliphatic heterocycles. The van der Waals surface area contributed by atoms with E-state index >= 15 is 0 Å². The average Bonchev–Trinajstić information content (AvgIpc) is 3.09. The fourth-order valence-corrected chi connectivity index (χ4v) is 3.39. The Kier molecular flexibility index (Phi) is 3.54. The Bertz CT molecular complexity index is 634. The van der Waals surface area contributed by atoms with Crippen molar-refractivity contribution < 1.29 is 4.92 Å². The molecule has 0 aromatic carbocycles. The van der Waals surface area contributed by atoms with E-state index in [2.05, 4.69) is 9.97 Å². The van der Waals surface area contributed by atoms with Crippen LogP contribution in [0.25, 0.3) is 0 Å². The number of halogens is 1. The van der Waals surface area contributed by atoms with Gasteiger partial charge in [0.1, 0.15) is 5.01 Å². The van der Waals surface area contributed by atoms with E-state index in [4.69, 9.17) is 11.6 Å². The van der Waals surface area contributed by atoms with Crippen LogP contribution in [0, 0.1) is 10.1 Å². The van der Waals surface area contributed by atoms with Gasteiger partial charge in [-0.15, -0.1) is 11.3 Å². The zero-order chi connectivity index (χ0) is 14.1. The number of nitro groups is 1. The Balaban J connectivity index is 2.02. The molecule has 0 aliphatic carbocycles. The van der Waals surface area contributed by atoms with Crippen LogP contribution >= 0.6 is 22.9 Å². The summed E-state index contributed by atoms with van der Waals surface area (Å²) in [5, 5.41) is 14.3. The first kappa shape index (κ1) is 13.3. The second-order valence-corrected chi connectivity index (χ2v) is 5.84. The lowest BCUT2D eigenvalue weighted by Crippen LogP contribution is -2.24. The highest BCUT2D eigenvalue weighted by molar-refractivity contribution is 7.09. The number of hydrogen-bond donors (Lipinski definition) is 0. The van der Waals surface area contributed by atoms with Crippen molar-refractivity contribution >= 4 is 34.4 Å². The van der Waals surface area contributed by atoms with Crippen LogP contribution in [0.5, 0.6) is 0 Å². The summed E-state index contributed by atoms with van der Waals surface area (Å²) in [6.07, 6.45) is 5.09. The van der Waals surface area contributed by atoms with Gasteiger partial charge in [-0.2, -0.15) is 0 Å². The molecule has 0 radical (unpaired) electrons. The molecule has 1 fully saturated rings. The highest BCUT2D eigenvalue weighted by atomic mass is 35.5. The first-order chi connectivity index (χ1) is 9.66. The predicted octanol–water partition coefficient (Wildman–Crippen LogP) is 3.44. The van der Waals surface area contributed by atoms with Gasteiger partial charge >= 0.3 is 5.69 Å². The van der Waals surface area contributed by atoms with E-state index in [1.807, 2.05) is 10.3 Å². The number of nitrogens with zero attached hydrogens (tertiary/aromatic N) is 4. The summed E-state index contributed by atoms with van der Waals surface area (Å²) in [6, 6.07) is 1.41. The molecule has 0 saturated carbocycles. The fourth-order valence-electron chi connectivity index (χ4n) is 2.45. The minimum absolute atomic E-state index is 0.0547. The van der Waals surface area contributed by atoms with Gasteiger partial charge in [0.05, 0.1) is 16.0 Å². The Labute approximate surface area is 124 Å². The van der Waals surface area contributed by atoms with E-state index in [-0.39, 0.29) is 16.8 Å². The molecule has 20 heavy (non-hydrogen) atoms. The minimum Gasteiger partial charge on any atom is -0.341 e. The van der Waals surface area contributed by atoms with Gasteiger partial charge in [-0.3, -0.25) is 10.1 Å². The molecule has 0 N–H and O–H groups in total. The standard InChI is InChI=1S/C12H11ClN4O2S/c13-8-6-10(17(18)19)11(15-7-8)16-4-1-2-9(16)12-14-3-5-20-12/h3,5-7,9H,1-2,4H2. The number of pyridine rings is 1. The van der Waals surface area contributed by atoms with Crippen molar-refractivity contribution in [3.8, 4) is 0 Å². The molecule has 0 amide bonds. The van der Waals surface area contributed by atoms with Gasteiger partial charge in [-0.1, -0.05) is 11.6 Å². The lowest BCUT2D eigenvalue weighted by molar-refractivity contribution is -0.384. The number of hydrogen-bond acceptors (Lipinski definition) is 6. The van der Waals surface area contributed by atoms with Crippen LogP contribution in [-0.4, -0.2) is 21.4 Å². The van der Waals surface area contributed by atoms with Crippen molar-refractivity contribution in [1.29, 1.82) is 0 Å². The van der Waals surface area contributed by atoms with Crippen LogP contribution < -0.4 is 4.90 Å². The Morgan fingerprint density at radius 2 is 2.35 bits per heavy atom. The maximum Gasteiger partial charge on any atom is 0.313 e. The highest BCUT2D eigenvalue weighted by Gasteiger charge is 2.33. The zero-order valence-electron chi connectivity index (χ0n) is 10.4. The summed E-state index contributed by atoms with van der Waals surface area (Å²) < 4.78 is 0. The molecule has 2 aromatic rings. The summed E-state index contributed by atoms with van der Waals surface area (Å²) in [6.45, 7) is 0.736. The van der Waals surface area contributed by atoms with E-state index in [1.165, 1.54) is 12.3 Å². The topological polar surface area (TPSA) is 72.2 Å². The largest absolute Gasteiger partial charge is 0.341 e. The normalized spacial score (nSPS) is 18.4. The Morgan fingerprint density at radius 1 is 1.50 bits per heavy atom. The van der Waals surface area contributed by atoms with Crippen LogP contribution in [0.1, 0.15) is 23.9 Å². The van der Waals surface area contributed by atoms with Crippen molar-refractivity contribution in [1.82, 2.24) is 9.97 Å². The molecule has 8 heteroatoms. The molecule has 0 bridgehead atoms. The second-order valence-electron chi connectivity index (χ2n) is 4.48. The van der Waals surface area contributed by atoms with Crippen LogP contribution in [0.4, 0.5) is 11.5 Å². The minimum atomic E-state index is -0.439. The molecule has 1 saturated heterocycles. The van der Waals surface area contributed by atoms with Crippen LogP contribution in [0.15, 0.2) is 23.8 Å². The third kappa shape index (κ3) is 2.34. The number of anilines is 1. The summed E-state index contributed by atoms with van der Waals surface area (Å²) in [7, 11) is 0. The molecule has 6 nitrogen and oxygen atoms in total. The lowest BCUT2D eigenvalue weighted by Gasteiger charge is -2.23. The van der Waals surface area contributed by atoms with Gasteiger partial charge in [-0.05, 0) is 12.8 Å². The SMILES string of the molecule is O=[N+]([O-])c1cc(Cl)cnc1N1CCCC1c1nccs1. The van der Waals surface area contributed by atoms with Gasteiger partial charge in [-0.25, -0.2) is 9.97 Å². The molecular weight excluding hydrogens is 300 g/mol. The quantitative estimate of drug-likeness (QED) is 0.641. The zero-order valence-corrected chi connectivity index (χ0v) is 12.0. The third-order valence-corrected chi connectivity index (χ3v) is 4.36. The first-order valence-corrected chi connectivity index (χ1v) is 7.38. The molecule has 1 unspecified atom stereocenters. The smallest absolute Gasteiger partial charge is 0.313 e. The van der Waals surface area contributed by atoms with Crippen LogP contribution in [-0.2, 0) is 0 Å². The van der Waals surface area contributed by atoms with Crippen LogP contribution in [0.3, 0.4) is 0 Å². The second kappa shape index (κ2) is 5.34. The van der Waals surface area contributed by atoms with Crippen molar-refractivity contribution in [3.05, 3.63) is 44.0 Å². The van der Waals surface area contributed by atoms with Crippen LogP contribution in [0.2, 0.25) is 5.02 Å². The predicted molar refractivity (Wildman–Crippen MR) is 77.3 cm³/mol. The molecule has 1 atom stereocenters. The van der Waals surface area contributed by atoms with Gasteiger partial charge < -0.3 is 4.90 Å². The Morgan fingerprint density at radius 3 is 3.05 bits per heavy atom. The molecule has 1 aliphatic rings. The molecular formula is C12H11ClN4O2S. The van der Waals surface area contributed by atoms with Crippen molar-refractivity contribution in [2.75, 3.05) is 11.4 Å². The molecule has 3 heterocycles. The average molecular weight is 311 g/mol. The van der Waals surface area contributed by atoms with E-state index < -0.39 is 4.92 Å². The lowest BCUT2D eigenvalue weighted by atomic mass is 10.2. The van der Waals surface area contributed by atoms with Gasteiger partial charge in [0.25, 0.3) is 0 Å². The Hall–Kier alpha value is -1.73.